The highest BCUT2D eigenvalue weighted by Gasteiger charge is 2.02. The fourth-order valence-corrected chi connectivity index (χ4v) is 1.79. The maximum atomic E-state index is 8.24. The van der Waals surface area contributed by atoms with Crippen molar-refractivity contribution in [3.63, 3.8) is 0 Å². The summed E-state index contributed by atoms with van der Waals surface area (Å²) in [6.07, 6.45) is 1.50. The monoisotopic (exact) mass is 174 g/mol. The van der Waals surface area contributed by atoms with Gasteiger partial charge in [0.2, 0.25) is 0 Å². The van der Waals surface area contributed by atoms with Crippen molar-refractivity contribution in [2.45, 2.75) is 20.3 Å². The van der Waals surface area contributed by atoms with Gasteiger partial charge in [0, 0.05) is 6.16 Å². The van der Waals surface area contributed by atoms with Gasteiger partial charge in [-0.15, -0.1) is 0 Å². The van der Waals surface area contributed by atoms with Crippen molar-refractivity contribution in [3.8, 4) is 6.07 Å². The standard InChI is InChI=1S/C7H15N2OP/c1-3-9-11(4-2)10-7-5-6-8/h9H,3-5,7H2,1-2H3. The largest absolute Gasteiger partial charge is 0.343 e. The Morgan fingerprint density at radius 1 is 1.55 bits per heavy atom. The van der Waals surface area contributed by atoms with E-state index in [1.165, 1.54) is 0 Å². The van der Waals surface area contributed by atoms with Crippen LogP contribution in [0.25, 0.3) is 0 Å². The van der Waals surface area contributed by atoms with E-state index in [0.717, 1.165) is 12.7 Å². The molecule has 0 aliphatic carbocycles. The van der Waals surface area contributed by atoms with Crippen LogP contribution < -0.4 is 5.09 Å². The van der Waals surface area contributed by atoms with Crippen LogP contribution in [0, 0.1) is 11.3 Å². The predicted octanol–water partition coefficient (Wildman–Crippen LogP) is 1.86. The Kier molecular flexibility index (Phi) is 7.83. The minimum atomic E-state index is -0.471. The van der Waals surface area contributed by atoms with Crippen LogP contribution in [0.1, 0.15) is 20.3 Å². The second-order valence-corrected chi connectivity index (χ2v) is 3.91. The first-order valence-corrected chi connectivity index (χ1v) is 5.30. The molecule has 1 unspecified atom stereocenters. The Bertz CT molecular complexity index is 124. The summed E-state index contributed by atoms with van der Waals surface area (Å²) in [5.41, 5.74) is 0. The Labute approximate surface area is 69.6 Å². The minimum absolute atomic E-state index is 0.471. The average Bonchev–Trinajstić information content (AvgIpc) is 2.03. The van der Waals surface area contributed by atoms with Crippen LogP contribution >= 0.6 is 8.30 Å². The van der Waals surface area contributed by atoms with E-state index >= 15 is 0 Å². The number of hydrogen-bond acceptors (Lipinski definition) is 3. The lowest BCUT2D eigenvalue weighted by atomic mass is 10.5. The molecule has 1 atom stereocenters. The molecule has 4 heteroatoms. The molecular weight excluding hydrogens is 159 g/mol. The Hall–Kier alpha value is -0.160. The van der Waals surface area contributed by atoms with Gasteiger partial charge in [-0.1, -0.05) is 13.8 Å². The highest BCUT2D eigenvalue weighted by molar-refractivity contribution is 7.50. The fourth-order valence-electron chi connectivity index (χ4n) is 0.627. The van der Waals surface area contributed by atoms with Crippen LogP contribution in [0.2, 0.25) is 0 Å². The molecule has 11 heavy (non-hydrogen) atoms. The molecule has 0 fully saturated rings. The van der Waals surface area contributed by atoms with Gasteiger partial charge in [0.05, 0.1) is 19.1 Å². The maximum Gasteiger partial charge on any atom is 0.101 e. The predicted molar refractivity (Wildman–Crippen MR) is 47.3 cm³/mol. The van der Waals surface area contributed by atoms with Gasteiger partial charge >= 0.3 is 0 Å². The van der Waals surface area contributed by atoms with Crippen LogP contribution in [0.4, 0.5) is 0 Å². The Morgan fingerprint density at radius 3 is 2.73 bits per heavy atom. The second-order valence-electron chi connectivity index (χ2n) is 1.95. The minimum Gasteiger partial charge on any atom is -0.343 e. The molecule has 64 valence electrons. The van der Waals surface area contributed by atoms with Gasteiger partial charge in [-0.3, -0.25) is 5.09 Å². The van der Waals surface area contributed by atoms with Crippen molar-refractivity contribution < 1.29 is 4.52 Å². The van der Waals surface area contributed by atoms with E-state index in [-0.39, 0.29) is 0 Å². The summed E-state index contributed by atoms with van der Waals surface area (Å²) >= 11 is 0. The number of hydrogen-bond donors (Lipinski definition) is 1. The zero-order valence-corrected chi connectivity index (χ0v) is 8.03. The summed E-state index contributed by atoms with van der Waals surface area (Å²) in [5.74, 6) is 0. The molecule has 1 N–H and O–H groups in total. The van der Waals surface area contributed by atoms with Gasteiger partial charge in [-0.2, -0.15) is 5.26 Å². The summed E-state index contributed by atoms with van der Waals surface area (Å²) in [6, 6.07) is 2.05. The van der Waals surface area contributed by atoms with Crippen LogP contribution in [-0.4, -0.2) is 19.3 Å². The SMILES string of the molecule is CCNP(CC)OCCC#N. The summed E-state index contributed by atoms with van der Waals surface area (Å²) < 4.78 is 5.40. The van der Waals surface area contributed by atoms with Crippen LogP contribution in [0.5, 0.6) is 0 Å². The molecule has 0 aromatic rings. The van der Waals surface area contributed by atoms with Crippen molar-refractivity contribution in [3.05, 3.63) is 0 Å². The summed E-state index contributed by atoms with van der Waals surface area (Å²) in [4.78, 5) is 0. The summed E-state index contributed by atoms with van der Waals surface area (Å²) in [5, 5.41) is 11.5. The lowest BCUT2D eigenvalue weighted by molar-refractivity contribution is 0.357. The fraction of sp³-hybridized carbons (Fsp3) is 0.857. The third kappa shape index (κ3) is 6.25. The van der Waals surface area contributed by atoms with Gasteiger partial charge < -0.3 is 4.52 Å². The molecule has 0 aromatic carbocycles. The number of nitrogens with zero attached hydrogens (tertiary/aromatic N) is 1. The van der Waals surface area contributed by atoms with Crippen molar-refractivity contribution in [1.29, 1.82) is 5.26 Å². The van der Waals surface area contributed by atoms with E-state index < -0.39 is 8.30 Å². The molecule has 0 aliphatic heterocycles. The van der Waals surface area contributed by atoms with Crippen LogP contribution in [0.15, 0.2) is 0 Å². The van der Waals surface area contributed by atoms with E-state index in [9.17, 15) is 0 Å². The van der Waals surface area contributed by atoms with Crippen LogP contribution in [-0.2, 0) is 4.52 Å². The molecule has 0 radical (unpaired) electrons. The first-order valence-electron chi connectivity index (χ1n) is 3.86. The lowest BCUT2D eigenvalue weighted by Gasteiger charge is -2.14. The zero-order chi connectivity index (χ0) is 8.53. The second kappa shape index (κ2) is 7.94. The highest BCUT2D eigenvalue weighted by Crippen LogP contribution is 2.30. The van der Waals surface area contributed by atoms with E-state index in [1.807, 2.05) is 6.07 Å². The first kappa shape index (κ1) is 10.8. The lowest BCUT2D eigenvalue weighted by Crippen LogP contribution is -2.09. The third-order valence-electron chi connectivity index (χ3n) is 1.08. The van der Waals surface area contributed by atoms with E-state index in [0.29, 0.717) is 13.0 Å². The number of nitrogens with one attached hydrogen (secondary N) is 1. The van der Waals surface area contributed by atoms with Gasteiger partial charge in [0.1, 0.15) is 8.30 Å². The zero-order valence-electron chi connectivity index (χ0n) is 7.13. The molecule has 0 saturated heterocycles. The molecule has 0 saturated carbocycles. The third-order valence-corrected chi connectivity index (χ3v) is 2.82. The molecule has 0 bridgehead atoms. The van der Waals surface area contributed by atoms with Crippen molar-refractivity contribution >= 4 is 8.30 Å². The van der Waals surface area contributed by atoms with Gasteiger partial charge in [0.15, 0.2) is 0 Å². The summed E-state index contributed by atoms with van der Waals surface area (Å²) in [7, 11) is -0.471. The topological polar surface area (TPSA) is 45.0 Å². The smallest absolute Gasteiger partial charge is 0.101 e. The molecule has 0 heterocycles. The van der Waals surface area contributed by atoms with Crippen molar-refractivity contribution in [2.24, 2.45) is 0 Å². The summed E-state index contributed by atoms with van der Waals surface area (Å²) in [6.45, 7) is 5.63. The molecule has 0 aliphatic rings. The molecule has 0 aromatic heterocycles. The molecular formula is C7H15N2OP. The van der Waals surface area contributed by atoms with Gasteiger partial charge in [-0.05, 0) is 6.54 Å². The molecule has 0 rings (SSSR count). The molecule has 0 amide bonds. The Morgan fingerprint density at radius 2 is 2.27 bits per heavy atom. The first-order chi connectivity index (χ1) is 5.35. The van der Waals surface area contributed by atoms with E-state index in [1.54, 1.807) is 0 Å². The normalized spacial score (nSPS) is 12.5. The van der Waals surface area contributed by atoms with Gasteiger partial charge in [0.25, 0.3) is 0 Å². The molecule has 3 nitrogen and oxygen atoms in total. The van der Waals surface area contributed by atoms with Crippen LogP contribution in [0.3, 0.4) is 0 Å². The number of rotatable bonds is 6. The van der Waals surface area contributed by atoms with E-state index in [4.69, 9.17) is 9.79 Å². The highest BCUT2D eigenvalue weighted by atomic mass is 31.2. The molecule has 0 spiro atoms. The average molecular weight is 174 g/mol. The van der Waals surface area contributed by atoms with Gasteiger partial charge in [-0.25, -0.2) is 0 Å². The maximum absolute atomic E-state index is 8.24. The number of nitriles is 1. The Balaban J connectivity index is 3.29. The quantitative estimate of drug-likeness (QED) is 0.493. The van der Waals surface area contributed by atoms with Crippen molar-refractivity contribution in [2.75, 3.05) is 19.3 Å². The van der Waals surface area contributed by atoms with E-state index in [2.05, 4.69) is 18.9 Å². The van der Waals surface area contributed by atoms with Crippen molar-refractivity contribution in [1.82, 2.24) is 5.09 Å².